The molecule has 2 aromatic rings. The van der Waals surface area contributed by atoms with Crippen LogP contribution >= 0.6 is 11.3 Å². The highest BCUT2D eigenvalue weighted by Crippen LogP contribution is 2.49. The normalized spacial score (nSPS) is 19.8. The number of aromatic nitrogens is 2. The molecule has 1 aliphatic carbocycles. The number of rotatable bonds is 1. The van der Waals surface area contributed by atoms with Gasteiger partial charge in [-0.1, -0.05) is 48.5 Å². The number of aromatic carboxylic acids is 1. The molecule has 23 heavy (non-hydrogen) atoms. The summed E-state index contributed by atoms with van der Waals surface area (Å²) in [6.45, 7) is 15.4. The van der Waals surface area contributed by atoms with Crippen LogP contribution in [0, 0.1) is 5.41 Å². The average Bonchev–Trinajstić information content (AvgIpc) is 2.82. The van der Waals surface area contributed by atoms with Crippen LogP contribution in [0.3, 0.4) is 0 Å². The molecule has 0 radical (unpaired) electrons. The van der Waals surface area contributed by atoms with E-state index >= 15 is 0 Å². The molecule has 0 spiro atoms. The van der Waals surface area contributed by atoms with Crippen LogP contribution < -0.4 is 0 Å². The third kappa shape index (κ3) is 2.49. The fourth-order valence-corrected chi connectivity index (χ4v) is 5.53. The Morgan fingerprint density at radius 1 is 1.26 bits per heavy atom. The predicted octanol–water partition coefficient (Wildman–Crippen LogP) is 4.64. The van der Waals surface area contributed by atoms with E-state index in [-0.39, 0.29) is 21.9 Å². The third-order valence-electron chi connectivity index (χ3n) is 4.67. The van der Waals surface area contributed by atoms with Gasteiger partial charge in [0.25, 0.3) is 0 Å². The van der Waals surface area contributed by atoms with Crippen LogP contribution in [0.5, 0.6) is 0 Å². The summed E-state index contributed by atoms with van der Waals surface area (Å²) in [7, 11) is 0. The average molecular weight is 334 g/mol. The number of hydrogen-bond acceptors (Lipinski definition) is 3. The van der Waals surface area contributed by atoms with E-state index in [2.05, 4.69) is 57.9 Å². The van der Waals surface area contributed by atoms with Crippen LogP contribution in [0.15, 0.2) is 0 Å². The van der Waals surface area contributed by atoms with Gasteiger partial charge >= 0.3 is 5.97 Å². The largest absolute Gasteiger partial charge is 0.476 e. The molecule has 0 saturated heterocycles. The van der Waals surface area contributed by atoms with Crippen molar-refractivity contribution in [2.75, 3.05) is 0 Å². The van der Waals surface area contributed by atoms with Crippen molar-refractivity contribution in [1.29, 1.82) is 0 Å². The fraction of sp³-hybridized carbons (Fsp3) is 0.667. The topological polar surface area (TPSA) is 54.6 Å². The second-order valence-corrected chi connectivity index (χ2v) is 10.2. The van der Waals surface area contributed by atoms with E-state index in [1.54, 1.807) is 11.3 Å². The van der Waals surface area contributed by atoms with Gasteiger partial charge in [0.1, 0.15) is 0 Å². The summed E-state index contributed by atoms with van der Waals surface area (Å²) in [5.74, 6) is -0.936. The standard InChI is InChI=1S/C18H26N2O2S/c1-16(2,3)12-11(14(21)22)19-15-20(12)10-8-17(4,5)9-18(6,7)13(10)23-15/h8-9H2,1-7H3,(H,21,22). The molecule has 5 heteroatoms. The number of hydrogen-bond donors (Lipinski definition) is 1. The first kappa shape index (κ1) is 16.5. The molecule has 2 aromatic heterocycles. The Hall–Kier alpha value is -1.36. The van der Waals surface area contributed by atoms with Gasteiger partial charge in [-0.15, -0.1) is 11.3 Å². The van der Waals surface area contributed by atoms with Crippen molar-refractivity contribution in [2.24, 2.45) is 5.41 Å². The number of fused-ring (bicyclic) bond motifs is 3. The highest BCUT2D eigenvalue weighted by molar-refractivity contribution is 7.17. The molecule has 1 aliphatic rings. The predicted molar refractivity (Wildman–Crippen MR) is 93.9 cm³/mol. The fourth-order valence-electron chi connectivity index (χ4n) is 4.29. The van der Waals surface area contributed by atoms with Gasteiger partial charge in [-0.05, 0) is 18.3 Å². The molecule has 1 N–H and O–H groups in total. The summed E-state index contributed by atoms with van der Waals surface area (Å²) in [6.07, 6.45) is 2.09. The van der Waals surface area contributed by atoms with Gasteiger partial charge in [0.05, 0.1) is 5.69 Å². The first-order chi connectivity index (χ1) is 10.3. The molecule has 0 bridgehead atoms. The second kappa shape index (κ2) is 4.59. The van der Waals surface area contributed by atoms with Gasteiger partial charge < -0.3 is 5.11 Å². The molecular formula is C18H26N2O2S. The highest BCUT2D eigenvalue weighted by Gasteiger charge is 2.42. The first-order valence-corrected chi connectivity index (χ1v) is 8.93. The van der Waals surface area contributed by atoms with Crippen molar-refractivity contribution in [2.45, 2.75) is 72.1 Å². The van der Waals surface area contributed by atoms with Gasteiger partial charge in [0.2, 0.25) is 0 Å². The molecule has 0 unspecified atom stereocenters. The van der Waals surface area contributed by atoms with Crippen LogP contribution in [0.1, 0.15) is 81.6 Å². The van der Waals surface area contributed by atoms with Gasteiger partial charge in [-0.25, -0.2) is 9.78 Å². The van der Waals surface area contributed by atoms with Gasteiger partial charge in [0.15, 0.2) is 10.7 Å². The molecule has 0 aromatic carbocycles. The summed E-state index contributed by atoms with van der Waals surface area (Å²) in [6, 6.07) is 0. The van der Waals surface area contributed by atoms with E-state index in [0.29, 0.717) is 0 Å². The Balaban J connectivity index is 2.40. The summed E-state index contributed by atoms with van der Waals surface area (Å²) in [4.78, 5) is 18.4. The van der Waals surface area contributed by atoms with Gasteiger partial charge in [-0.3, -0.25) is 4.40 Å². The molecule has 0 fully saturated rings. The van der Waals surface area contributed by atoms with E-state index in [1.807, 2.05) is 0 Å². The Kier molecular flexibility index (Phi) is 3.29. The summed E-state index contributed by atoms with van der Waals surface area (Å²) in [5.41, 5.74) is 2.32. The quantitative estimate of drug-likeness (QED) is 0.826. The molecular weight excluding hydrogens is 308 g/mol. The minimum Gasteiger partial charge on any atom is -0.476 e. The van der Waals surface area contributed by atoms with Crippen LogP contribution in [-0.4, -0.2) is 20.5 Å². The monoisotopic (exact) mass is 334 g/mol. The number of carbonyl (C=O) groups is 1. The van der Waals surface area contributed by atoms with Crippen molar-refractivity contribution in [3.8, 4) is 0 Å². The number of carboxylic acids is 1. The molecule has 0 atom stereocenters. The minimum absolute atomic E-state index is 0.0982. The molecule has 3 rings (SSSR count). The maximum absolute atomic E-state index is 11.7. The second-order valence-electron chi connectivity index (χ2n) is 9.26. The number of nitrogens with zero attached hydrogens (tertiary/aromatic N) is 2. The van der Waals surface area contributed by atoms with E-state index < -0.39 is 5.97 Å². The lowest BCUT2D eigenvalue weighted by Crippen LogP contribution is -2.35. The van der Waals surface area contributed by atoms with E-state index in [9.17, 15) is 9.90 Å². The molecule has 0 aliphatic heterocycles. The maximum atomic E-state index is 11.7. The Labute approximate surface area is 141 Å². The number of imidazole rings is 1. The maximum Gasteiger partial charge on any atom is 0.356 e. The van der Waals surface area contributed by atoms with E-state index in [1.165, 1.54) is 10.6 Å². The lowest BCUT2D eigenvalue weighted by Gasteiger charge is -2.40. The highest BCUT2D eigenvalue weighted by atomic mass is 32.1. The van der Waals surface area contributed by atoms with Crippen molar-refractivity contribution in [3.63, 3.8) is 0 Å². The van der Waals surface area contributed by atoms with Crippen molar-refractivity contribution >= 4 is 22.3 Å². The molecule has 126 valence electrons. The van der Waals surface area contributed by atoms with Crippen LogP contribution in [0.25, 0.3) is 4.96 Å². The smallest absolute Gasteiger partial charge is 0.356 e. The van der Waals surface area contributed by atoms with E-state index in [0.717, 1.165) is 23.5 Å². The summed E-state index contributed by atoms with van der Waals surface area (Å²) >= 11 is 1.66. The summed E-state index contributed by atoms with van der Waals surface area (Å²) in [5, 5.41) is 9.59. The molecule has 2 heterocycles. The third-order valence-corrected chi connectivity index (χ3v) is 6.11. The van der Waals surface area contributed by atoms with Crippen molar-refractivity contribution in [1.82, 2.24) is 9.38 Å². The first-order valence-electron chi connectivity index (χ1n) is 8.12. The SMILES string of the molecule is CC1(C)Cc2c(sc3nc(C(=O)O)c(C(C)(C)C)n23)C(C)(C)C1. The Morgan fingerprint density at radius 3 is 2.39 bits per heavy atom. The molecule has 0 amide bonds. The van der Waals surface area contributed by atoms with Crippen molar-refractivity contribution in [3.05, 3.63) is 22.0 Å². The lowest BCUT2D eigenvalue weighted by molar-refractivity contribution is 0.0688. The Bertz CT molecular complexity index is 803. The van der Waals surface area contributed by atoms with E-state index in [4.69, 9.17) is 0 Å². The number of carboxylic acid groups (broad SMARTS) is 1. The van der Waals surface area contributed by atoms with Gasteiger partial charge in [0, 0.05) is 21.4 Å². The van der Waals surface area contributed by atoms with Gasteiger partial charge in [-0.2, -0.15) is 0 Å². The lowest BCUT2D eigenvalue weighted by atomic mass is 9.67. The zero-order valence-corrected chi connectivity index (χ0v) is 15.9. The molecule has 0 saturated carbocycles. The molecule has 4 nitrogen and oxygen atoms in total. The zero-order valence-electron chi connectivity index (χ0n) is 15.1. The Morgan fingerprint density at radius 2 is 1.87 bits per heavy atom. The van der Waals surface area contributed by atoms with Crippen LogP contribution in [0.4, 0.5) is 0 Å². The zero-order chi connectivity index (χ0) is 17.4. The van der Waals surface area contributed by atoms with Crippen LogP contribution in [0.2, 0.25) is 0 Å². The van der Waals surface area contributed by atoms with Crippen molar-refractivity contribution < 1.29 is 9.90 Å². The summed E-state index contributed by atoms with van der Waals surface area (Å²) < 4.78 is 2.14. The number of thiazole rings is 1. The minimum atomic E-state index is -0.936. The van der Waals surface area contributed by atoms with Crippen LogP contribution in [-0.2, 0) is 17.3 Å².